The maximum Gasteiger partial charge on any atom is 0.300 e. The Morgan fingerprint density at radius 3 is 0.533 bits per heavy atom. The van der Waals surface area contributed by atoms with E-state index in [4.69, 9.17) is 0 Å². The van der Waals surface area contributed by atoms with E-state index in [1.165, 1.54) is 231 Å². The average Bonchev–Trinajstić information content (AvgIpc) is 3.25. The van der Waals surface area contributed by atoms with Gasteiger partial charge in [0.25, 0.3) is 0 Å². The lowest BCUT2D eigenvalue weighted by atomic mass is 10.0. The first-order valence-corrected chi connectivity index (χ1v) is 29.8. The number of hydrogen-bond donors (Lipinski definition) is 0. The van der Waals surface area contributed by atoms with E-state index in [2.05, 4.69) is 27.4 Å². The van der Waals surface area contributed by atoms with E-state index >= 15 is 0 Å². The molecule has 0 unspecified atom stereocenters. The predicted octanol–water partition coefficient (Wildman–Crippen LogP) is 19.3. The normalized spacial score (nSPS) is 11.7. The van der Waals surface area contributed by atoms with Gasteiger partial charge in [0.2, 0.25) is 0 Å². The second-order valence-electron chi connectivity index (χ2n) is 19.4. The van der Waals surface area contributed by atoms with Crippen LogP contribution < -0.4 is 0 Å². The van der Waals surface area contributed by atoms with E-state index < -0.39 is 8.07 Å². The Kier molecular flexibility index (Phi) is 46.6. The molecule has 0 saturated heterocycles. The highest BCUT2D eigenvalue weighted by Crippen LogP contribution is 2.23. The van der Waals surface area contributed by atoms with Crippen LogP contribution in [0.3, 0.4) is 0 Å². The topological polar surface area (TPSA) is 51.2 Å². The summed E-state index contributed by atoms with van der Waals surface area (Å²) in [4.78, 5) is 41.9. The zero-order chi connectivity index (χ0) is 43.9. The fourth-order valence-electron chi connectivity index (χ4n) is 9.37. The lowest BCUT2D eigenvalue weighted by Gasteiger charge is -2.24. The molecule has 0 rings (SSSR count). The maximum absolute atomic E-state index is 14.0. The summed E-state index contributed by atoms with van der Waals surface area (Å²) in [5, 5.41) is -0.114. The molecule has 60 heavy (non-hydrogen) atoms. The van der Waals surface area contributed by atoms with Crippen LogP contribution in [0, 0.1) is 0 Å². The molecular weight excluding hydrogens is 749 g/mol. The van der Waals surface area contributed by atoms with Crippen LogP contribution in [0.5, 0.6) is 0 Å². The fraction of sp³-hybridized carbons (Fsp3) is 0.911. The van der Waals surface area contributed by atoms with Crippen LogP contribution in [0.2, 0.25) is 0 Å². The first-order chi connectivity index (χ1) is 29.5. The monoisotopic (exact) mass is 857 g/mol. The van der Waals surface area contributed by atoms with Crippen molar-refractivity contribution in [3.8, 4) is 0 Å². The second-order valence-corrected chi connectivity index (χ2v) is 23.1. The van der Waals surface area contributed by atoms with Crippen molar-refractivity contribution in [1.29, 1.82) is 0 Å². The Bertz CT molecular complexity index is 831. The molecule has 0 heterocycles. The smallest absolute Gasteiger partial charge is 0.300 e. The molecule has 0 saturated carbocycles. The zero-order valence-electron chi connectivity index (χ0n) is 41.5. The third-order valence-corrected chi connectivity index (χ3v) is 17.6. The van der Waals surface area contributed by atoms with Crippen LogP contribution in [-0.4, -0.2) is 24.3 Å². The van der Waals surface area contributed by atoms with Gasteiger partial charge in [0.1, 0.15) is 16.2 Å². The van der Waals surface area contributed by atoms with Crippen molar-refractivity contribution in [3.63, 3.8) is 0 Å². The van der Waals surface area contributed by atoms with Gasteiger partial charge >= 0.3 is 8.07 Å². The summed E-state index contributed by atoms with van der Waals surface area (Å²) < 4.78 is 0. The van der Waals surface area contributed by atoms with E-state index in [-0.39, 0.29) is 16.2 Å². The van der Waals surface area contributed by atoms with Crippen molar-refractivity contribution < 1.29 is 14.4 Å². The summed E-state index contributed by atoms with van der Waals surface area (Å²) in [7, 11) is -3.55. The summed E-state index contributed by atoms with van der Waals surface area (Å²) in [5.74, 6) is 0. The minimum absolute atomic E-state index is 0.0379. The van der Waals surface area contributed by atoms with Gasteiger partial charge in [-0.25, -0.2) is 0 Å². The molecule has 0 aromatic rings. The fourth-order valence-corrected chi connectivity index (χ4v) is 12.7. The summed E-state index contributed by atoms with van der Waals surface area (Å²) in [6, 6.07) is 0. The van der Waals surface area contributed by atoms with Crippen LogP contribution in [-0.2, 0) is 14.4 Å². The van der Waals surface area contributed by atoms with Gasteiger partial charge in [-0.05, 0) is 19.3 Å². The number of carbonyl (C=O) groups excluding carboxylic acids is 3. The van der Waals surface area contributed by atoms with Gasteiger partial charge in [0, 0.05) is 19.3 Å². The molecule has 3 nitrogen and oxygen atoms in total. The molecule has 0 aliphatic rings. The molecule has 354 valence electrons. The van der Waals surface area contributed by atoms with Gasteiger partial charge in [-0.2, -0.15) is 0 Å². The van der Waals surface area contributed by atoms with Gasteiger partial charge in [0.15, 0.2) is 0 Å². The molecule has 0 fully saturated rings. The molecule has 0 bridgehead atoms. The third kappa shape index (κ3) is 35.4. The molecule has 0 radical (unpaired) electrons. The van der Waals surface area contributed by atoms with Crippen molar-refractivity contribution in [3.05, 3.63) is 12.3 Å². The van der Waals surface area contributed by atoms with E-state index in [0.29, 0.717) is 19.3 Å². The summed E-state index contributed by atoms with van der Waals surface area (Å²) in [6.45, 7) is 10.9. The van der Waals surface area contributed by atoms with Crippen molar-refractivity contribution in [2.75, 3.05) is 0 Å². The SMILES string of the molecule is C=C[Si](C(=O)CCCCCCCCCCCCCCCCC)(C(=O)CCCCCCCCCCCCCCCCC)C(=O)CCCCCCCCCCCCCCCCC. The summed E-state index contributed by atoms with van der Waals surface area (Å²) >= 11 is 0. The Hall–Kier alpha value is -1.03. The summed E-state index contributed by atoms with van der Waals surface area (Å²) in [6.07, 6.45) is 58.9. The van der Waals surface area contributed by atoms with Crippen LogP contribution >= 0.6 is 0 Å². The third-order valence-electron chi connectivity index (χ3n) is 13.6. The number of unbranched alkanes of at least 4 members (excludes halogenated alkanes) is 42. The van der Waals surface area contributed by atoms with Crippen LogP contribution in [0.4, 0.5) is 0 Å². The minimum atomic E-state index is -3.55. The van der Waals surface area contributed by atoms with Crippen molar-refractivity contribution >= 4 is 24.3 Å². The quantitative estimate of drug-likeness (QED) is 0.0452. The molecule has 4 heteroatoms. The van der Waals surface area contributed by atoms with E-state index in [9.17, 15) is 14.4 Å². The Morgan fingerprint density at radius 1 is 0.267 bits per heavy atom. The maximum atomic E-state index is 14.0. The molecule has 0 amide bonds. The molecule has 0 spiro atoms. The van der Waals surface area contributed by atoms with E-state index in [0.717, 1.165) is 57.8 Å². The molecule has 0 aromatic carbocycles. The molecule has 0 atom stereocenters. The van der Waals surface area contributed by atoms with Gasteiger partial charge in [-0.15, -0.1) is 6.58 Å². The average molecular weight is 858 g/mol. The predicted molar refractivity (Wildman–Crippen MR) is 270 cm³/mol. The molecular formula is C56H108O3Si. The second kappa shape index (κ2) is 47.4. The Labute approximate surface area is 378 Å². The van der Waals surface area contributed by atoms with Crippen molar-refractivity contribution in [1.82, 2.24) is 0 Å². The molecule has 0 aromatic heterocycles. The van der Waals surface area contributed by atoms with Gasteiger partial charge in [-0.1, -0.05) is 296 Å². The number of rotatable bonds is 52. The van der Waals surface area contributed by atoms with Gasteiger partial charge in [0.05, 0.1) is 0 Å². The Morgan fingerprint density at radius 2 is 0.400 bits per heavy atom. The van der Waals surface area contributed by atoms with Gasteiger partial charge in [-0.3, -0.25) is 0 Å². The lowest BCUT2D eigenvalue weighted by Crippen LogP contribution is -2.58. The van der Waals surface area contributed by atoms with Gasteiger partial charge < -0.3 is 14.4 Å². The van der Waals surface area contributed by atoms with E-state index in [1.54, 1.807) is 5.70 Å². The standard InChI is InChI=1S/C56H108O3Si/c1-5-9-12-15-18-21-24-27-30-33-36-39-42-45-48-51-54(57)60(8-4,55(58)52-49-46-43-40-37-34-31-28-25-22-19-16-13-10-6-2)56(59)53-50-47-44-41-38-35-32-29-26-23-20-17-14-11-7-3/h8H,4-7,9-53H2,1-3H3. The Balaban J connectivity index is 4.61. The first-order valence-electron chi connectivity index (χ1n) is 27.7. The minimum Gasteiger partial charge on any atom is -0.304 e. The zero-order valence-corrected chi connectivity index (χ0v) is 42.5. The highest BCUT2D eigenvalue weighted by Gasteiger charge is 2.51. The number of carbonyl (C=O) groups is 3. The highest BCUT2D eigenvalue weighted by atomic mass is 28.3. The van der Waals surface area contributed by atoms with Crippen molar-refractivity contribution in [2.45, 2.75) is 329 Å². The highest BCUT2D eigenvalue weighted by molar-refractivity contribution is 7.43. The van der Waals surface area contributed by atoms with E-state index in [1.807, 2.05) is 0 Å². The van der Waals surface area contributed by atoms with Crippen LogP contribution in [0.25, 0.3) is 0 Å². The molecule has 0 aliphatic heterocycles. The molecule has 0 aliphatic carbocycles. The van der Waals surface area contributed by atoms with Crippen molar-refractivity contribution in [2.24, 2.45) is 0 Å². The van der Waals surface area contributed by atoms with Crippen LogP contribution in [0.1, 0.15) is 329 Å². The summed E-state index contributed by atoms with van der Waals surface area (Å²) in [5.41, 5.74) is 1.60. The molecule has 0 N–H and O–H groups in total. The van der Waals surface area contributed by atoms with Crippen LogP contribution in [0.15, 0.2) is 12.3 Å². The largest absolute Gasteiger partial charge is 0.304 e. The lowest BCUT2D eigenvalue weighted by molar-refractivity contribution is -0.119. The number of hydrogen-bond acceptors (Lipinski definition) is 3. The first kappa shape index (κ1) is 59.0.